The standard InChI is InChI=1S/C11H12N2O4/c14-8-1-4-12-5-7(8)9(15)13-6-11(2-3-11)10(16)17/h1,4-5H,2-3,6H2,(H,12,14)(H,13,15)(H,16,17). The largest absolute Gasteiger partial charge is 0.481 e. The van der Waals surface area contributed by atoms with Gasteiger partial charge in [-0.1, -0.05) is 0 Å². The van der Waals surface area contributed by atoms with Gasteiger partial charge in [0.1, 0.15) is 5.56 Å². The average Bonchev–Trinajstić information content (AvgIpc) is 3.07. The first-order valence-corrected chi connectivity index (χ1v) is 5.24. The van der Waals surface area contributed by atoms with Crippen LogP contribution in [0.15, 0.2) is 23.3 Å². The Morgan fingerprint density at radius 2 is 2.18 bits per heavy atom. The van der Waals surface area contributed by atoms with Gasteiger partial charge < -0.3 is 15.4 Å². The van der Waals surface area contributed by atoms with Gasteiger partial charge in [-0.25, -0.2) is 0 Å². The molecule has 0 aliphatic heterocycles. The van der Waals surface area contributed by atoms with Crippen LogP contribution in [0.2, 0.25) is 0 Å². The topological polar surface area (TPSA) is 99.3 Å². The zero-order valence-electron chi connectivity index (χ0n) is 9.03. The molecule has 0 atom stereocenters. The Morgan fingerprint density at radius 1 is 1.47 bits per heavy atom. The second-order valence-electron chi connectivity index (χ2n) is 4.19. The Balaban J connectivity index is 2.02. The highest BCUT2D eigenvalue weighted by Crippen LogP contribution is 2.45. The van der Waals surface area contributed by atoms with E-state index in [1.165, 1.54) is 18.5 Å². The molecule has 17 heavy (non-hydrogen) atoms. The summed E-state index contributed by atoms with van der Waals surface area (Å²) >= 11 is 0. The lowest BCUT2D eigenvalue weighted by Crippen LogP contribution is -2.36. The van der Waals surface area contributed by atoms with Crippen molar-refractivity contribution < 1.29 is 14.7 Å². The van der Waals surface area contributed by atoms with Crippen LogP contribution in [0.25, 0.3) is 0 Å². The smallest absolute Gasteiger partial charge is 0.311 e. The third kappa shape index (κ3) is 2.20. The van der Waals surface area contributed by atoms with Crippen molar-refractivity contribution in [1.82, 2.24) is 10.3 Å². The number of aromatic nitrogens is 1. The monoisotopic (exact) mass is 236 g/mol. The number of rotatable bonds is 4. The first-order valence-electron chi connectivity index (χ1n) is 5.24. The SMILES string of the molecule is O=C(NCC1(C(=O)O)CC1)c1c[nH]ccc1=O. The van der Waals surface area contributed by atoms with Gasteiger partial charge in [-0.2, -0.15) is 0 Å². The summed E-state index contributed by atoms with van der Waals surface area (Å²) in [6.45, 7) is 0.0650. The molecule has 1 aliphatic rings. The molecule has 0 radical (unpaired) electrons. The third-order valence-corrected chi connectivity index (χ3v) is 2.96. The number of pyridine rings is 1. The fourth-order valence-electron chi connectivity index (χ4n) is 1.56. The van der Waals surface area contributed by atoms with E-state index in [2.05, 4.69) is 10.3 Å². The lowest BCUT2D eigenvalue weighted by molar-refractivity contribution is -0.143. The molecule has 1 aromatic rings. The Morgan fingerprint density at radius 3 is 2.71 bits per heavy atom. The van der Waals surface area contributed by atoms with Crippen molar-refractivity contribution in [2.45, 2.75) is 12.8 Å². The third-order valence-electron chi connectivity index (χ3n) is 2.96. The van der Waals surface area contributed by atoms with Crippen LogP contribution in [0, 0.1) is 5.41 Å². The summed E-state index contributed by atoms with van der Waals surface area (Å²) in [6.07, 6.45) is 3.86. The lowest BCUT2D eigenvalue weighted by Gasteiger charge is -2.10. The van der Waals surface area contributed by atoms with Gasteiger partial charge in [0.15, 0.2) is 5.43 Å². The number of carboxylic acids is 1. The highest BCUT2D eigenvalue weighted by Gasteiger charge is 2.50. The summed E-state index contributed by atoms with van der Waals surface area (Å²) in [5.41, 5.74) is -1.22. The van der Waals surface area contributed by atoms with Crippen molar-refractivity contribution in [1.29, 1.82) is 0 Å². The van der Waals surface area contributed by atoms with Crippen LogP contribution < -0.4 is 10.7 Å². The van der Waals surface area contributed by atoms with E-state index < -0.39 is 17.3 Å². The van der Waals surface area contributed by atoms with E-state index in [4.69, 9.17) is 5.11 Å². The minimum absolute atomic E-state index is 0.00584. The van der Waals surface area contributed by atoms with Crippen LogP contribution in [0.4, 0.5) is 0 Å². The molecule has 1 saturated carbocycles. The van der Waals surface area contributed by atoms with Crippen molar-refractivity contribution in [2.75, 3.05) is 6.54 Å². The van der Waals surface area contributed by atoms with Crippen molar-refractivity contribution in [3.8, 4) is 0 Å². The first kappa shape index (κ1) is 11.4. The molecule has 0 aromatic carbocycles. The molecule has 6 nitrogen and oxygen atoms in total. The number of amides is 1. The number of carboxylic acid groups (broad SMARTS) is 1. The van der Waals surface area contributed by atoms with Gasteiger partial charge in [-0.05, 0) is 12.8 Å². The number of aliphatic carboxylic acids is 1. The zero-order valence-corrected chi connectivity index (χ0v) is 9.03. The van der Waals surface area contributed by atoms with E-state index in [0.717, 1.165) is 0 Å². The lowest BCUT2D eigenvalue weighted by atomic mass is 10.1. The number of carbonyl (C=O) groups excluding carboxylic acids is 1. The molecule has 2 rings (SSSR count). The maximum absolute atomic E-state index is 11.6. The number of hydrogen-bond acceptors (Lipinski definition) is 3. The van der Waals surface area contributed by atoms with Gasteiger partial charge in [0.2, 0.25) is 0 Å². The van der Waals surface area contributed by atoms with Gasteiger partial charge in [0.05, 0.1) is 5.41 Å². The minimum atomic E-state index is -0.903. The summed E-state index contributed by atoms with van der Waals surface area (Å²) in [6, 6.07) is 1.25. The summed E-state index contributed by atoms with van der Waals surface area (Å²) in [4.78, 5) is 36.5. The van der Waals surface area contributed by atoms with Gasteiger partial charge in [0, 0.05) is 25.0 Å². The number of nitrogens with one attached hydrogen (secondary N) is 2. The fourth-order valence-corrected chi connectivity index (χ4v) is 1.56. The molecule has 1 amide bonds. The minimum Gasteiger partial charge on any atom is -0.481 e. The first-order chi connectivity index (χ1) is 8.05. The highest BCUT2D eigenvalue weighted by atomic mass is 16.4. The van der Waals surface area contributed by atoms with Crippen molar-refractivity contribution in [3.05, 3.63) is 34.2 Å². The van der Waals surface area contributed by atoms with Crippen LogP contribution in [-0.2, 0) is 4.79 Å². The molecule has 0 spiro atoms. The van der Waals surface area contributed by atoms with Crippen molar-refractivity contribution in [3.63, 3.8) is 0 Å². The van der Waals surface area contributed by atoms with E-state index >= 15 is 0 Å². The molecule has 0 saturated heterocycles. The Bertz CT molecular complexity index is 516. The van der Waals surface area contributed by atoms with Gasteiger partial charge in [-0.15, -0.1) is 0 Å². The van der Waals surface area contributed by atoms with Crippen LogP contribution in [-0.4, -0.2) is 28.5 Å². The molecule has 90 valence electrons. The number of hydrogen-bond donors (Lipinski definition) is 3. The normalized spacial score (nSPS) is 16.2. The number of H-pyrrole nitrogens is 1. The van der Waals surface area contributed by atoms with E-state index in [1.54, 1.807) is 0 Å². The van der Waals surface area contributed by atoms with E-state index in [1.807, 2.05) is 0 Å². The van der Waals surface area contributed by atoms with Crippen LogP contribution in [0.1, 0.15) is 23.2 Å². The van der Waals surface area contributed by atoms with E-state index in [-0.39, 0.29) is 17.5 Å². The van der Waals surface area contributed by atoms with Crippen LogP contribution >= 0.6 is 0 Å². The van der Waals surface area contributed by atoms with E-state index in [9.17, 15) is 14.4 Å². The maximum atomic E-state index is 11.6. The van der Waals surface area contributed by atoms with Crippen molar-refractivity contribution in [2.24, 2.45) is 5.41 Å². The number of aromatic amines is 1. The molecule has 1 heterocycles. The molecule has 0 unspecified atom stereocenters. The molecule has 1 fully saturated rings. The molecule has 1 aromatic heterocycles. The van der Waals surface area contributed by atoms with Crippen molar-refractivity contribution >= 4 is 11.9 Å². The summed E-state index contributed by atoms with van der Waals surface area (Å²) < 4.78 is 0. The quantitative estimate of drug-likeness (QED) is 0.683. The number of carbonyl (C=O) groups is 2. The van der Waals surface area contributed by atoms with Gasteiger partial charge >= 0.3 is 5.97 Å². The second kappa shape index (κ2) is 4.04. The molecular weight excluding hydrogens is 224 g/mol. The fraction of sp³-hybridized carbons (Fsp3) is 0.364. The Labute approximate surface area is 96.7 Å². The van der Waals surface area contributed by atoms with Crippen LogP contribution in [0.5, 0.6) is 0 Å². The molecule has 3 N–H and O–H groups in total. The Kier molecular flexibility index (Phi) is 2.71. The Hall–Kier alpha value is -2.11. The summed E-state index contributed by atoms with van der Waals surface area (Å²) in [5.74, 6) is -1.45. The summed E-state index contributed by atoms with van der Waals surface area (Å²) in [5, 5.41) is 11.4. The maximum Gasteiger partial charge on any atom is 0.311 e. The van der Waals surface area contributed by atoms with Gasteiger partial charge in [-0.3, -0.25) is 14.4 Å². The molecule has 6 heteroatoms. The molecular formula is C11H12N2O4. The summed E-state index contributed by atoms with van der Waals surface area (Å²) in [7, 11) is 0. The predicted octanol–water partition coefficient (Wildman–Crippen LogP) is -0.0305. The zero-order chi connectivity index (χ0) is 12.5. The average molecular weight is 236 g/mol. The van der Waals surface area contributed by atoms with Gasteiger partial charge in [0.25, 0.3) is 5.91 Å². The molecule has 0 bridgehead atoms. The predicted molar refractivity (Wildman–Crippen MR) is 58.7 cm³/mol. The molecule has 1 aliphatic carbocycles. The second-order valence-corrected chi connectivity index (χ2v) is 4.19. The van der Waals surface area contributed by atoms with Crippen LogP contribution in [0.3, 0.4) is 0 Å². The highest BCUT2D eigenvalue weighted by molar-refractivity contribution is 5.94. The van der Waals surface area contributed by atoms with E-state index in [0.29, 0.717) is 12.8 Å².